The van der Waals surface area contributed by atoms with Crippen LogP contribution in [0.4, 0.5) is 24.5 Å². The van der Waals surface area contributed by atoms with Crippen LogP contribution in [0.2, 0.25) is 0 Å². The number of piperazine rings is 1. The summed E-state index contributed by atoms with van der Waals surface area (Å²) in [6.07, 6.45) is -3.68. The van der Waals surface area contributed by atoms with E-state index in [1.54, 1.807) is 17.0 Å². The van der Waals surface area contributed by atoms with Gasteiger partial charge in [-0.1, -0.05) is 11.8 Å². The van der Waals surface area contributed by atoms with Gasteiger partial charge in [-0.15, -0.1) is 0 Å². The predicted octanol–water partition coefficient (Wildman–Crippen LogP) is 3.45. The van der Waals surface area contributed by atoms with Crippen molar-refractivity contribution < 1.29 is 22.9 Å². The maximum absolute atomic E-state index is 12.5. The van der Waals surface area contributed by atoms with E-state index in [-0.39, 0.29) is 17.3 Å². The van der Waals surface area contributed by atoms with Crippen molar-refractivity contribution >= 4 is 29.0 Å². The Morgan fingerprint density at radius 2 is 1.76 bits per heavy atom. The molecule has 1 aliphatic rings. The number of nitrogens with zero attached hydrogens (tertiary/aromatic N) is 4. The smallest absolute Gasteiger partial charge is 0.368 e. The Labute approximate surface area is 168 Å². The zero-order valence-corrected chi connectivity index (χ0v) is 15.9. The highest BCUT2D eigenvalue weighted by Crippen LogP contribution is 2.29. The summed E-state index contributed by atoms with van der Waals surface area (Å²) in [6.45, 7) is 2.17. The van der Waals surface area contributed by atoms with Crippen molar-refractivity contribution in [3.63, 3.8) is 0 Å². The highest BCUT2D eigenvalue weighted by atomic mass is 32.2. The molecule has 0 radical (unpaired) electrons. The van der Waals surface area contributed by atoms with Crippen LogP contribution in [0.25, 0.3) is 0 Å². The molecule has 1 fully saturated rings. The third-order valence-corrected chi connectivity index (χ3v) is 5.39. The monoisotopic (exact) mass is 426 g/mol. The van der Waals surface area contributed by atoms with Crippen LogP contribution < -0.4 is 4.90 Å². The van der Waals surface area contributed by atoms with Crippen molar-refractivity contribution in [2.24, 2.45) is 0 Å². The molecule has 1 aromatic carbocycles. The molecule has 0 atom stereocenters. The van der Waals surface area contributed by atoms with Crippen molar-refractivity contribution in [3.05, 3.63) is 58.3 Å². The topological polar surface area (TPSA) is 79.6 Å². The van der Waals surface area contributed by atoms with Gasteiger partial charge in [0.2, 0.25) is 5.91 Å². The number of nitro benzene ring substituents is 1. The summed E-state index contributed by atoms with van der Waals surface area (Å²) in [6, 6.07) is 8.46. The van der Waals surface area contributed by atoms with Gasteiger partial charge in [0.1, 0.15) is 0 Å². The summed E-state index contributed by atoms with van der Waals surface area (Å²) in [4.78, 5) is 30.1. The fourth-order valence-corrected chi connectivity index (χ4v) is 3.60. The Morgan fingerprint density at radius 1 is 1.10 bits per heavy atom. The average Bonchev–Trinajstić information content (AvgIpc) is 2.72. The largest absolute Gasteiger partial charge is 0.417 e. The second-order valence-corrected chi connectivity index (χ2v) is 7.31. The molecule has 154 valence electrons. The summed E-state index contributed by atoms with van der Waals surface area (Å²) in [7, 11) is 0. The molecule has 0 saturated carbocycles. The van der Waals surface area contributed by atoms with Crippen LogP contribution in [-0.4, -0.2) is 52.6 Å². The zero-order chi connectivity index (χ0) is 21.0. The van der Waals surface area contributed by atoms with Gasteiger partial charge in [-0.25, -0.2) is 4.98 Å². The van der Waals surface area contributed by atoms with E-state index in [9.17, 15) is 28.1 Å². The molecule has 0 N–H and O–H groups in total. The molecule has 1 aliphatic heterocycles. The van der Waals surface area contributed by atoms with Crippen LogP contribution in [0.15, 0.2) is 47.6 Å². The zero-order valence-electron chi connectivity index (χ0n) is 15.1. The van der Waals surface area contributed by atoms with E-state index in [0.717, 1.165) is 29.7 Å². The number of thioether (sulfide) groups is 1. The van der Waals surface area contributed by atoms with Crippen LogP contribution in [0, 0.1) is 10.1 Å². The van der Waals surface area contributed by atoms with E-state index in [2.05, 4.69) is 4.98 Å². The van der Waals surface area contributed by atoms with Crippen molar-refractivity contribution in [2.45, 2.75) is 11.2 Å². The Hall–Kier alpha value is -2.82. The summed E-state index contributed by atoms with van der Waals surface area (Å²) in [5, 5.41) is 11.1. The third kappa shape index (κ3) is 5.37. The molecular formula is C18H17F3N4O3S. The quantitative estimate of drug-likeness (QED) is 0.414. The van der Waals surface area contributed by atoms with E-state index < -0.39 is 16.7 Å². The van der Waals surface area contributed by atoms with Gasteiger partial charge in [0.25, 0.3) is 5.69 Å². The molecule has 1 amide bonds. The van der Waals surface area contributed by atoms with Gasteiger partial charge in [-0.3, -0.25) is 14.9 Å². The maximum Gasteiger partial charge on any atom is 0.417 e. The Balaban J connectivity index is 1.48. The van der Waals surface area contributed by atoms with Crippen LogP contribution in [0.1, 0.15) is 5.56 Å². The lowest BCUT2D eigenvalue weighted by molar-refractivity contribution is -0.384. The molecule has 1 saturated heterocycles. The minimum Gasteiger partial charge on any atom is -0.368 e. The van der Waals surface area contributed by atoms with Crippen molar-refractivity contribution in [3.8, 4) is 0 Å². The number of nitro groups is 1. The molecular weight excluding hydrogens is 409 g/mol. The van der Waals surface area contributed by atoms with E-state index >= 15 is 0 Å². The van der Waals surface area contributed by atoms with Crippen molar-refractivity contribution in [1.29, 1.82) is 0 Å². The first kappa shape index (κ1) is 20.9. The van der Waals surface area contributed by atoms with Gasteiger partial charge in [-0.2, -0.15) is 13.2 Å². The molecule has 2 heterocycles. The maximum atomic E-state index is 12.5. The third-order valence-electron chi connectivity index (χ3n) is 4.47. The van der Waals surface area contributed by atoms with Crippen LogP contribution >= 0.6 is 11.8 Å². The van der Waals surface area contributed by atoms with Gasteiger partial charge < -0.3 is 9.80 Å². The lowest BCUT2D eigenvalue weighted by Crippen LogP contribution is -2.49. The molecule has 11 heteroatoms. The summed E-state index contributed by atoms with van der Waals surface area (Å²) >= 11 is 1.10. The average molecular weight is 426 g/mol. The van der Waals surface area contributed by atoms with E-state index in [0.29, 0.717) is 31.2 Å². The van der Waals surface area contributed by atoms with E-state index in [1.165, 1.54) is 18.2 Å². The van der Waals surface area contributed by atoms with E-state index in [4.69, 9.17) is 0 Å². The van der Waals surface area contributed by atoms with Gasteiger partial charge >= 0.3 is 6.18 Å². The Morgan fingerprint density at radius 3 is 2.28 bits per heavy atom. The number of halogens is 3. The molecule has 0 aliphatic carbocycles. The Kier molecular flexibility index (Phi) is 6.26. The molecule has 3 rings (SSSR count). The van der Waals surface area contributed by atoms with Crippen LogP contribution in [-0.2, 0) is 11.0 Å². The highest BCUT2D eigenvalue weighted by molar-refractivity contribution is 7.99. The number of carbonyl (C=O) groups is 1. The van der Waals surface area contributed by atoms with Crippen molar-refractivity contribution in [1.82, 2.24) is 9.88 Å². The second kappa shape index (κ2) is 8.68. The number of amides is 1. The predicted molar refractivity (Wildman–Crippen MR) is 102 cm³/mol. The molecule has 7 nitrogen and oxygen atoms in total. The SMILES string of the molecule is O=C(CSc1ccc(C(F)(F)F)cn1)N1CCN(c2ccc([N+](=O)[O-])cc2)CC1. The molecule has 29 heavy (non-hydrogen) atoms. The fraction of sp³-hybridized carbons (Fsp3) is 0.333. The minimum absolute atomic E-state index is 0.0245. The standard InChI is InChI=1S/C18H17F3N4O3S/c19-18(20,21)13-1-6-16(22-11-13)29-12-17(26)24-9-7-23(8-10-24)14-2-4-15(5-3-14)25(27)28/h1-6,11H,7-10,12H2. The van der Waals surface area contributed by atoms with Gasteiger partial charge in [0.05, 0.1) is 21.3 Å². The highest BCUT2D eigenvalue weighted by Gasteiger charge is 2.30. The van der Waals surface area contributed by atoms with E-state index in [1.807, 2.05) is 4.90 Å². The fourth-order valence-electron chi connectivity index (χ4n) is 2.86. The summed E-state index contributed by atoms with van der Waals surface area (Å²) < 4.78 is 37.6. The number of aromatic nitrogens is 1. The van der Waals surface area contributed by atoms with Gasteiger partial charge in [-0.05, 0) is 24.3 Å². The molecule has 2 aromatic rings. The summed E-state index contributed by atoms with van der Waals surface area (Å²) in [5.74, 6) is -0.0179. The number of hydrogen-bond acceptors (Lipinski definition) is 6. The number of benzene rings is 1. The summed E-state index contributed by atoms with van der Waals surface area (Å²) in [5.41, 5.74) is 0.0537. The number of anilines is 1. The van der Waals surface area contributed by atoms with Gasteiger partial charge in [0, 0.05) is 50.2 Å². The first-order valence-electron chi connectivity index (χ1n) is 8.67. The molecule has 0 spiro atoms. The number of alkyl halides is 3. The lowest BCUT2D eigenvalue weighted by Gasteiger charge is -2.36. The molecule has 0 unspecified atom stereocenters. The van der Waals surface area contributed by atoms with Crippen molar-refractivity contribution in [2.75, 3.05) is 36.8 Å². The number of hydrogen-bond donors (Lipinski definition) is 0. The molecule has 0 bridgehead atoms. The second-order valence-electron chi connectivity index (χ2n) is 6.31. The number of rotatable bonds is 5. The van der Waals surface area contributed by atoms with Crippen LogP contribution in [0.3, 0.4) is 0 Å². The number of pyridine rings is 1. The lowest BCUT2D eigenvalue weighted by atomic mass is 10.2. The van der Waals surface area contributed by atoms with Crippen LogP contribution in [0.5, 0.6) is 0 Å². The molecule has 1 aromatic heterocycles. The number of non-ortho nitro benzene ring substituents is 1. The number of carbonyl (C=O) groups excluding carboxylic acids is 1. The Bertz CT molecular complexity index is 867. The first-order valence-corrected chi connectivity index (χ1v) is 9.66. The first-order chi connectivity index (χ1) is 13.7. The minimum atomic E-state index is -4.44. The van der Waals surface area contributed by atoms with Gasteiger partial charge in [0.15, 0.2) is 0 Å². The normalized spacial score (nSPS) is 14.7.